The highest BCUT2D eigenvalue weighted by Crippen LogP contribution is 2.13. The van der Waals surface area contributed by atoms with Gasteiger partial charge in [0.15, 0.2) is 0 Å². The molecule has 0 unspecified atom stereocenters. The average molecular weight is 275 g/mol. The molecule has 1 aromatic heterocycles. The standard InChI is InChI=1S/C12H13N5O3/c1-16(2)11-13-5-7(6-14-11)4-8-9(18)15-12(20)17(3)10(8)19/h4-6H,1-3H3,(H,15,18,20)/b8-4+. The van der Waals surface area contributed by atoms with Gasteiger partial charge in [-0.3, -0.25) is 19.8 Å². The molecule has 2 rings (SSSR count). The van der Waals surface area contributed by atoms with Gasteiger partial charge in [-0.2, -0.15) is 0 Å². The lowest BCUT2D eigenvalue weighted by Crippen LogP contribution is -2.52. The summed E-state index contributed by atoms with van der Waals surface area (Å²) >= 11 is 0. The summed E-state index contributed by atoms with van der Waals surface area (Å²) in [6, 6.07) is -0.739. The maximum absolute atomic E-state index is 11.9. The van der Waals surface area contributed by atoms with Crippen molar-refractivity contribution < 1.29 is 14.4 Å². The van der Waals surface area contributed by atoms with Crippen LogP contribution in [0.2, 0.25) is 0 Å². The van der Waals surface area contributed by atoms with Crippen molar-refractivity contribution in [3.05, 3.63) is 23.5 Å². The first-order valence-electron chi connectivity index (χ1n) is 5.74. The number of barbiturate groups is 1. The van der Waals surface area contributed by atoms with Crippen molar-refractivity contribution >= 4 is 29.9 Å². The van der Waals surface area contributed by atoms with Gasteiger partial charge in [0.05, 0.1) is 0 Å². The Hall–Kier alpha value is -2.77. The van der Waals surface area contributed by atoms with Gasteiger partial charge in [0.25, 0.3) is 11.8 Å². The van der Waals surface area contributed by atoms with Gasteiger partial charge < -0.3 is 4.90 Å². The number of hydrogen-bond donors (Lipinski definition) is 1. The molecule has 0 saturated carbocycles. The summed E-state index contributed by atoms with van der Waals surface area (Å²) in [6.07, 6.45) is 4.33. The number of nitrogens with zero attached hydrogens (tertiary/aromatic N) is 4. The molecule has 1 aliphatic rings. The Bertz CT molecular complexity index is 606. The van der Waals surface area contributed by atoms with Crippen LogP contribution in [0, 0.1) is 0 Å². The van der Waals surface area contributed by atoms with E-state index in [1.54, 1.807) is 19.0 Å². The van der Waals surface area contributed by atoms with Gasteiger partial charge in [-0.05, 0) is 6.08 Å². The smallest absolute Gasteiger partial charge is 0.331 e. The van der Waals surface area contributed by atoms with E-state index in [0.29, 0.717) is 11.5 Å². The molecule has 104 valence electrons. The molecular weight excluding hydrogens is 262 g/mol. The first-order chi connectivity index (χ1) is 9.40. The second-order valence-electron chi connectivity index (χ2n) is 4.39. The number of rotatable bonds is 2. The maximum Gasteiger partial charge on any atom is 0.331 e. The Morgan fingerprint density at radius 1 is 1.20 bits per heavy atom. The molecule has 1 aromatic rings. The van der Waals surface area contributed by atoms with Crippen molar-refractivity contribution in [1.29, 1.82) is 0 Å². The van der Waals surface area contributed by atoms with Gasteiger partial charge in [0.2, 0.25) is 5.95 Å². The molecule has 0 aliphatic carbocycles. The van der Waals surface area contributed by atoms with Crippen molar-refractivity contribution in [3.8, 4) is 0 Å². The van der Waals surface area contributed by atoms with Crippen LogP contribution in [0.3, 0.4) is 0 Å². The topological polar surface area (TPSA) is 95.5 Å². The van der Waals surface area contributed by atoms with Crippen LogP contribution in [0.1, 0.15) is 5.56 Å². The summed E-state index contributed by atoms with van der Waals surface area (Å²) < 4.78 is 0. The molecule has 0 atom stereocenters. The molecule has 0 aromatic carbocycles. The highest BCUT2D eigenvalue weighted by atomic mass is 16.2. The molecule has 0 radical (unpaired) electrons. The second kappa shape index (κ2) is 5.08. The van der Waals surface area contributed by atoms with E-state index < -0.39 is 17.8 Å². The minimum Gasteiger partial charge on any atom is -0.347 e. The van der Waals surface area contributed by atoms with Crippen molar-refractivity contribution in [3.63, 3.8) is 0 Å². The second-order valence-corrected chi connectivity index (χ2v) is 4.39. The van der Waals surface area contributed by atoms with Crippen LogP contribution < -0.4 is 10.2 Å². The Morgan fingerprint density at radius 2 is 1.80 bits per heavy atom. The average Bonchev–Trinajstić information content (AvgIpc) is 2.42. The van der Waals surface area contributed by atoms with Crippen LogP contribution in [0.15, 0.2) is 18.0 Å². The van der Waals surface area contributed by atoms with Crippen LogP contribution in [-0.2, 0) is 9.59 Å². The third kappa shape index (κ3) is 2.48. The molecule has 1 saturated heterocycles. The lowest BCUT2D eigenvalue weighted by molar-refractivity contribution is -0.129. The number of amides is 4. The van der Waals surface area contributed by atoms with E-state index in [0.717, 1.165) is 4.90 Å². The fraction of sp³-hybridized carbons (Fsp3) is 0.250. The van der Waals surface area contributed by atoms with Crippen molar-refractivity contribution in [1.82, 2.24) is 20.2 Å². The molecule has 8 nitrogen and oxygen atoms in total. The molecular formula is C12H13N5O3. The van der Waals surface area contributed by atoms with Crippen LogP contribution in [0.5, 0.6) is 0 Å². The fourth-order valence-corrected chi connectivity index (χ4v) is 1.55. The van der Waals surface area contributed by atoms with Crippen LogP contribution in [-0.4, -0.2) is 53.9 Å². The molecule has 8 heteroatoms. The maximum atomic E-state index is 11.9. The summed E-state index contributed by atoms with van der Waals surface area (Å²) in [5.74, 6) is -0.871. The molecule has 0 spiro atoms. The Balaban J connectivity index is 2.31. The zero-order chi connectivity index (χ0) is 14.9. The van der Waals surface area contributed by atoms with E-state index in [9.17, 15) is 14.4 Å². The molecule has 1 fully saturated rings. The Labute approximate surface area is 115 Å². The largest absolute Gasteiger partial charge is 0.347 e. The summed E-state index contributed by atoms with van der Waals surface area (Å²) in [4.78, 5) is 45.5. The number of carbonyl (C=O) groups excluding carboxylic acids is 3. The molecule has 2 heterocycles. The predicted molar refractivity (Wildman–Crippen MR) is 70.6 cm³/mol. The van der Waals surface area contributed by atoms with E-state index in [2.05, 4.69) is 15.3 Å². The highest BCUT2D eigenvalue weighted by molar-refractivity contribution is 6.30. The van der Waals surface area contributed by atoms with Crippen molar-refractivity contribution in [2.24, 2.45) is 0 Å². The third-order valence-electron chi connectivity index (χ3n) is 2.67. The summed E-state index contributed by atoms with van der Waals surface area (Å²) in [7, 11) is 4.89. The minimum atomic E-state index is -0.739. The van der Waals surface area contributed by atoms with Gasteiger partial charge in [-0.15, -0.1) is 0 Å². The number of nitrogens with one attached hydrogen (secondary N) is 1. The quantitative estimate of drug-likeness (QED) is 0.584. The number of carbonyl (C=O) groups is 3. The number of hydrogen-bond acceptors (Lipinski definition) is 6. The van der Waals surface area contributed by atoms with E-state index >= 15 is 0 Å². The van der Waals surface area contributed by atoms with Gasteiger partial charge in [-0.1, -0.05) is 0 Å². The number of urea groups is 1. The van der Waals surface area contributed by atoms with Crippen LogP contribution in [0.4, 0.5) is 10.7 Å². The highest BCUT2D eigenvalue weighted by Gasteiger charge is 2.32. The SMILES string of the molecule is CN1C(=O)NC(=O)/C(=C\c2cnc(N(C)C)nc2)C1=O. The van der Waals surface area contributed by atoms with Crippen molar-refractivity contribution in [2.45, 2.75) is 0 Å². The molecule has 4 amide bonds. The first kappa shape index (κ1) is 13.7. The Kier molecular flexibility index (Phi) is 3.47. The number of anilines is 1. The molecule has 20 heavy (non-hydrogen) atoms. The van der Waals surface area contributed by atoms with E-state index in [1.165, 1.54) is 25.5 Å². The lowest BCUT2D eigenvalue weighted by Gasteiger charge is -2.22. The lowest BCUT2D eigenvalue weighted by atomic mass is 10.1. The molecule has 0 bridgehead atoms. The zero-order valence-electron chi connectivity index (χ0n) is 11.2. The minimum absolute atomic E-state index is 0.131. The van der Waals surface area contributed by atoms with E-state index in [1.807, 2.05) is 0 Å². The predicted octanol–water partition coefficient (Wildman–Crippen LogP) is -0.366. The number of aromatic nitrogens is 2. The summed E-state index contributed by atoms with van der Waals surface area (Å²) in [5.41, 5.74) is 0.366. The Morgan fingerprint density at radius 3 is 2.35 bits per heavy atom. The fourth-order valence-electron chi connectivity index (χ4n) is 1.55. The zero-order valence-corrected chi connectivity index (χ0v) is 11.2. The van der Waals surface area contributed by atoms with Crippen LogP contribution >= 0.6 is 0 Å². The number of likely N-dealkylation sites (N-methyl/N-ethyl adjacent to an activating group) is 1. The van der Waals surface area contributed by atoms with Gasteiger partial charge in [0.1, 0.15) is 5.57 Å². The van der Waals surface area contributed by atoms with Gasteiger partial charge >= 0.3 is 6.03 Å². The van der Waals surface area contributed by atoms with E-state index in [-0.39, 0.29) is 5.57 Å². The first-order valence-corrected chi connectivity index (χ1v) is 5.74. The monoisotopic (exact) mass is 275 g/mol. The van der Waals surface area contributed by atoms with E-state index in [4.69, 9.17) is 0 Å². The van der Waals surface area contributed by atoms with Crippen LogP contribution in [0.25, 0.3) is 6.08 Å². The summed E-state index contributed by atoms with van der Waals surface area (Å²) in [6.45, 7) is 0. The molecule has 1 aliphatic heterocycles. The molecule has 1 N–H and O–H groups in total. The third-order valence-corrected chi connectivity index (χ3v) is 2.67. The van der Waals surface area contributed by atoms with Crippen molar-refractivity contribution in [2.75, 3.05) is 26.0 Å². The normalized spacial score (nSPS) is 17.4. The summed E-state index contributed by atoms with van der Waals surface area (Å²) in [5, 5.41) is 2.07. The van der Waals surface area contributed by atoms with Gasteiger partial charge in [0, 0.05) is 39.1 Å². The number of imide groups is 2. The van der Waals surface area contributed by atoms with Gasteiger partial charge in [-0.25, -0.2) is 14.8 Å².